The van der Waals surface area contributed by atoms with Gasteiger partial charge in [-0.25, -0.2) is 4.98 Å². The standard InChI is InChI=1S/C21H18ClN3OS/c1-25(12-14-7-9-16(22)10-8-14)13-19-23-20(26)17-11-18(27-21(17)24-19)15-5-3-2-4-6-15/h2-11H,12-13H2,1H3,(H,23,24,26). The Labute approximate surface area is 166 Å². The number of benzene rings is 2. The monoisotopic (exact) mass is 395 g/mol. The molecule has 0 saturated heterocycles. The van der Waals surface area contributed by atoms with Crippen molar-refractivity contribution in [1.29, 1.82) is 0 Å². The maximum atomic E-state index is 12.5. The Morgan fingerprint density at radius 2 is 1.81 bits per heavy atom. The van der Waals surface area contributed by atoms with Gasteiger partial charge in [0.15, 0.2) is 0 Å². The van der Waals surface area contributed by atoms with Gasteiger partial charge in [-0.2, -0.15) is 0 Å². The summed E-state index contributed by atoms with van der Waals surface area (Å²) < 4.78 is 0. The van der Waals surface area contributed by atoms with E-state index in [9.17, 15) is 4.79 Å². The fraction of sp³-hybridized carbons (Fsp3) is 0.143. The van der Waals surface area contributed by atoms with Crippen molar-refractivity contribution >= 4 is 33.2 Å². The predicted octanol–water partition coefficient (Wildman–Crippen LogP) is 4.94. The van der Waals surface area contributed by atoms with Crippen LogP contribution in [0.2, 0.25) is 5.02 Å². The molecule has 0 saturated carbocycles. The second kappa shape index (κ2) is 7.64. The fourth-order valence-electron chi connectivity index (χ4n) is 3.01. The van der Waals surface area contributed by atoms with E-state index in [1.165, 1.54) is 0 Å². The van der Waals surface area contributed by atoms with E-state index in [4.69, 9.17) is 11.6 Å². The highest BCUT2D eigenvalue weighted by Crippen LogP contribution is 2.30. The summed E-state index contributed by atoms with van der Waals surface area (Å²) in [5.74, 6) is 0.672. The van der Waals surface area contributed by atoms with Crippen molar-refractivity contribution in [2.45, 2.75) is 13.1 Å². The molecule has 0 bridgehead atoms. The zero-order valence-electron chi connectivity index (χ0n) is 14.8. The second-order valence-corrected chi connectivity index (χ2v) is 7.97. The van der Waals surface area contributed by atoms with E-state index in [0.29, 0.717) is 17.8 Å². The number of aromatic nitrogens is 2. The number of rotatable bonds is 5. The topological polar surface area (TPSA) is 49.0 Å². The molecule has 0 aliphatic heterocycles. The zero-order chi connectivity index (χ0) is 18.8. The van der Waals surface area contributed by atoms with Gasteiger partial charge in [-0.15, -0.1) is 11.3 Å². The van der Waals surface area contributed by atoms with Gasteiger partial charge in [0.1, 0.15) is 10.7 Å². The number of nitrogens with zero attached hydrogens (tertiary/aromatic N) is 2. The van der Waals surface area contributed by atoms with Crippen LogP contribution in [0.1, 0.15) is 11.4 Å². The number of fused-ring (bicyclic) bond motifs is 1. The lowest BCUT2D eigenvalue weighted by Crippen LogP contribution is -2.21. The van der Waals surface area contributed by atoms with E-state index < -0.39 is 0 Å². The summed E-state index contributed by atoms with van der Waals surface area (Å²) in [6, 6.07) is 19.7. The fourth-order valence-corrected chi connectivity index (χ4v) is 4.19. The van der Waals surface area contributed by atoms with Crippen LogP contribution in [0, 0.1) is 0 Å². The second-order valence-electron chi connectivity index (χ2n) is 6.51. The molecule has 0 spiro atoms. The van der Waals surface area contributed by atoms with E-state index in [-0.39, 0.29) is 5.56 Å². The van der Waals surface area contributed by atoms with Gasteiger partial charge in [0.2, 0.25) is 0 Å². The number of aromatic amines is 1. The number of hydrogen-bond acceptors (Lipinski definition) is 4. The molecule has 0 atom stereocenters. The van der Waals surface area contributed by atoms with Crippen molar-refractivity contribution in [2.24, 2.45) is 0 Å². The van der Waals surface area contributed by atoms with Crippen molar-refractivity contribution < 1.29 is 0 Å². The molecule has 136 valence electrons. The molecule has 4 rings (SSSR count). The van der Waals surface area contributed by atoms with Crippen LogP contribution in [0.15, 0.2) is 65.5 Å². The molecule has 0 aliphatic rings. The number of halogens is 1. The lowest BCUT2D eigenvalue weighted by molar-refractivity contribution is 0.311. The summed E-state index contributed by atoms with van der Waals surface area (Å²) in [4.78, 5) is 24.0. The molecule has 2 aromatic heterocycles. The van der Waals surface area contributed by atoms with Crippen LogP contribution >= 0.6 is 22.9 Å². The van der Waals surface area contributed by atoms with Crippen LogP contribution in [-0.4, -0.2) is 21.9 Å². The molecule has 0 unspecified atom stereocenters. The molecule has 2 heterocycles. The molecule has 0 fully saturated rings. The molecule has 1 N–H and O–H groups in total. The molecule has 4 nitrogen and oxygen atoms in total. The van der Waals surface area contributed by atoms with Crippen LogP contribution in [0.3, 0.4) is 0 Å². The van der Waals surface area contributed by atoms with Gasteiger partial charge in [-0.1, -0.05) is 54.1 Å². The van der Waals surface area contributed by atoms with Gasteiger partial charge in [0.05, 0.1) is 11.9 Å². The van der Waals surface area contributed by atoms with Crippen molar-refractivity contribution in [1.82, 2.24) is 14.9 Å². The summed E-state index contributed by atoms with van der Waals surface area (Å²) in [7, 11) is 2.00. The summed E-state index contributed by atoms with van der Waals surface area (Å²) in [6.07, 6.45) is 0. The Morgan fingerprint density at radius 1 is 1.07 bits per heavy atom. The van der Waals surface area contributed by atoms with Gasteiger partial charge in [0.25, 0.3) is 5.56 Å². The molecule has 4 aromatic rings. The lowest BCUT2D eigenvalue weighted by atomic mass is 10.2. The van der Waals surface area contributed by atoms with E-state index in [1.807, 2.05) is 67.7 Å². The normalized spacial score (nSPS) is 11.4. The highest BCUT2D eigenvalue weighted by molar-refractivity contribution is 7.21. The van der Waals surface area contributed by atoms with E-state index in [0.717, 1.165) is 32.4 Å². The highest BCUT2D eigenvalue weighted by Gasteiger charge is 2.11. The van der Waals surface area contributed by atoms with Crippen LogP contribution in [0.5, 0.6) is 0 Å². The van der Waals surface area contributed by atoms with Crippen molar-refractivity contribution in [3.05, 3.63) is 87.4 Å². The third-order valence-corrected chi connectivity index (χ3v) is 5.63. The Balaban J connectivity index is 1.57. The molecule has 2 aromatic carbocycles. The summed E-state index contributed by atoms with van der Waals surface area (Å²) >= 11 is 7.48. The van der Waals surface area contributed by atoms with E-state index in [2.05, 4.69) is 14.9 Å². The van der Waals surface area contributed by atoms with Gasteiger partial charge in [-0.05, 0) is 36.4 Å². The minimum atomic E-state index is -0.0895. The molecule has 0 aliphatic carbocycles. The Hall–Kier alpha value is -2.47. The average molecular weight is 396 g/mol. The number of hydrogen-bond donors (Lipinski definition) is 1. The first kappa shape index (κ1) is 17.9. The smallest absolute Gasteiger partial charge is 0.259 e. The van der Waals surface area contributed by atoms with Gasteiger partial charge in [0, 0.05) is 16.4 Å². The van der Waals surface area contributed by atoms with Crippen LogP contribution < -0.4 is 5.56 Å². The number of H-pyrrole nitrogens is 1. The SMILES string of the molecule is CN(Cc1ccc(Cl)cc1)Cc1nc2sc(-c3ccccc3)cc2c(=O)[nH]1. The molecular weight excluding hydrogens is 378 g/mol. The molecule has 0 amide bonds. The van der Waals surface area contributed by atoms with Gasteiger partial charge >= 0.3 is 0 Å². The average Bonchev–Trinajstić information content (AvgIpc) is 3.09. The minimum Gasteiger partial charge on any atom is -0.309 e. The number of nitrogens with one attached hydrogen (secondary N) is 1. The molecular formula is C21H18ClN3OS. The molecule has 0 radical (unpaired) electrons. The van der Waals surface area contributed by atoms with Crippen LogP contribution in [0.4, 0.5) is 0 Å². The quantitative estimate of drug-likeness (QED) is 0.520. The molecule has 6 heteroatoms. The Bertz CT molecular complexity index is 1120. The van der Waals surface area contributed by atoms with Crippen LogP contribution in [-0.2, 0) is 13.1 Å². The van der Waals surface area contributed by atoms with Crippen molar-refractivity contribution in [2.75, 3.05) is 7.05 Å². The summed E-state index contributed by atoms with van der Waals surface area (Å²) in [6.45, 7) is 1.31. The first-order chi connectivity index (χ1) is 13.1. The Kier molecular flexibility index (Phi) is 5.07. The van der Waals surface area contributed by atoms with Crippen molar-refractivity contribution in [3.8, 4) is 10.4 Å². The largest absolute Gasteiger partial charge is 0.309 e. The third kappa shape index (κ3) is 4.11. The summed E-state index contributed by atoms with van der Waals surface area (Å²) in [5.41, 5.74) is 2.17. The van der Waals surface area contributed by atoms with E-state index >= 15 is 0 Å². The maximum absolute atomic E-state index is 12.5. The first-order valence-corrected chi connectivity index (χ1v) is 9.79. The van der Waals surface area contributed by atoms with Gasteiger partial charge < -0.3 is 4.98 Å². The first-order valence-electron chi connectivity index (χ1n) is 8.59. The van der Waals surface area contributed by atoms with E-state index in [1.54, 1.807) is 11.3 Å². The zero-order valence-corrected chi connectivity index (χ0v) is 16.3. The van der Waals surface area contributed by atoms with Gasteiger partial charge in [-0.3, -0.25) is 9.69 Å². The lowest BCUT2D eigenvalue weighted by Gasteiger charge is -2.16. The molecule has 27 heavy (non-hydrogen) atoms. The third-order valence-electron chi connectivity index (χ3n) is 4.30. The summed E-state index contributed by atoms with van der Waals surface area (Å²) in [5, 5.41) is 1.37. The highest BCUT2D eigenvalue weighted by atomic mass is 35.5. The van der Waals surface area contributed by atoms with Crippen molar-refractivity contribution in [3.63, 3.8) is 0 Å². The number of thiophene rings is 1. The van der Waals surface area contributed by atoms with Crippen LogP contribution in [0.25, 0.3) is 20.7 Å². The Morgan fingerprint density at radius 3 is 2.56 bits per heavy atom. The minimum absolute atomic E-state index is 0.0895. The predicted molar refractivity (Wildman–Crippen MR) is 112 cm³/mol. The maximum Gasteiger partial charge on any atom is 0.259 e.